The van der Waals surface area contributed by atoms with Crippen molar-refractivity contribution in [1.29, 1.82) is 0 Å². The van der Waals surface area contributed by atoms with Gasteiger partial charge in [-0.15, -0.1) is 0 Å². The Kier molecular flexibility index (Phi) is 6.50. The number of benzene rings is 7. The molecule has 5 aliphatic rings. The van der Waals surface area contributed by atoms with Crippen LogP contribution in [-0.4, -0.2) is 0 Å². The van der Waals surface area contributed by atoms with Gasteiger partial charge in [0.15, 0.2) is 0 Å². The summed E-state index contributed by atoms with van der Waals surface area (Å²) in [6.45, 7) is 0. The Morgan fingerprint density at radius 1 is 0.412 bits per heavy atom. The Balaban J connectivity index is 1.16. The summed E-state index contributed by atoms with van der Waals surface area (Å²) in [6, 6.07) is 61.5. The lowest BCUT2D eigenvalue weighted by Crippen LogP contribution is -2.55. The molecule has 0 unspecified atom stereocenters. The molecule has 0 saturated heterocycles. The van der Waals surface area contributed by atoms with Crippen LogP contribution in [0.25, 0.3) is 44.2 Å². The van der Waals surface area contributed by atoms with Crippen LogP contribution in [0.15, 0.2) is 164 Å². The molecular weight excluding hydrogens is 615 g/mol. The number of rotatable bonds is 5. The lowest BCUT2D eigenvalue weighted by Gasteiger charge is -2.61. The van der Waals surface area contributed by atoms with Crippen LogP contribution in [0.1, 0.15) is 43.2 Å². The Bertz CT molecular complexity index is 2430. The smallest absolute Gasteiger partial charge is 0.0543 e. The van der Waals surface area contributed by atoms with Crippen LogP contribution in [0, 0.1) is 23.7 Å². The molecule has 12 rings (SSSR count). The molecule has 0 aliphatic heterocycles. The minimum Gasteiger partial charge on any atom is -0.309 e. The lowest BCUT2D eigenvalue weighted by molar-refractivity contribution is -0.0399. The van der Waals surface area contributed by atoms with Gasteiger partial charge in [0.25, 0.3) is 0 Å². The van der Waals surface area contributed by atoms with Gasteiger partial charge in [-0.1, -0.05) is 133 Å². The predicted molar refractivity (Wildman–Crippen MR) is 213 cm³/mol. The third kappa shape index (κ3) is 4.34. The van der Waals surface area contributed by atoms with Gasteiger partial charge in [0.05, 0.1) is 11.4 Å². The van der Waals surface area contributed by atoms with E-state index >= 15 is 0 Å². The third-order valence-corrected chi connectivity index (χ3v) is 13.2. The molecule has 1 nitrogen and oxygen atoms in total. The zero-order chi connectivity index (χ0) is 33.5. The van der Waals surface area contributed by atoms with Crippen molar-refractivity contribution in [1.82, 2.24) is 0 Å². The summed E-state index contributed by atoms with van der Waals surface area (Å²) in [4.78, 5) is 2.58. The maximum atomic E-state index is 2.58. The Morgan fingerprint density at radius 2 is 1.02 bits per heavy atom. The summed E-state index contributed by atoms with van der Waals surface area (Å²) in [7, 11) is 0. The molecule has 1 heteroatoms. The maximum Gasteiger partial charge on any atom is 0.0543 e. The number of hydrogen-bond acceptors (Lipinski definition) is 1. The second kappa shape index (κ2) is 11.3. The van der Waals surface area contributed by atoms with Crippen LogP contribution < -0.4 is 4.90 Å². The van der Waals surface area contributed by atoms with Crippen molar-refractivity contribution in [3.8, 4) is 33.4 Å². The van der Waals surface area contributed by atoms with Gasteiger partial charge in [0, 0.05) is 22.2 Å². The molecule has 0 N–H and O–H groups in total. The number of para-hydroxylation sites is 1. The van der Waals surface area contributed by atoms with E-state index < -0.39 is 0 Å². The predicted octanol–water partition coefficient (Wildman–Crippen LogP) is 13.4. The first-order chi connectivity index (χ1) is 25.3. The van der Waals surface area contributed by atoms with E-state index in [0.717, 1.165) is 23.7 Å². The zero-order valence-corrected chi connectivity index (χ0v) is 28.9. The Labute approximate surface area is 301 Å². The summed E-state index contributed by atoms with van der Waals surface area (Å²) in [6.07, 6.45) is 7.02. The van der Waals surface area contributed by atoms with E-state index in [-0.39, 0.29) is 5.41 Å². The highest BCUT2D eigenvalue weighted by atomic mass is 15.1. The van der Waals surface area contributed by atoms with E-state index in [1.54, 1.807) is 11.1 Å². The number of fused-ring (bicyclic) bond motifs is 4. The second-order valence-corrected chi connectivity index (χ2v) is 15.7. The van der Waals surface area contributed by atoms with E-state index in [0.29, 0.717) is 0 Å². The average Bonchev–Trinajstić information content (AvgIpc) is 3.49. The average molecular weight is 656 g/mol. The van der Waals surface area contributed by atoms with Gasteiger partial charge in [0.1, 0.15) is 0 Å². The van der Waals surface area contributed by atoms with E-state index in [1.165, 1.54) is 93.3 Å². The van der Waals surface area contributed by atoms with Gasteiger partial charge in [-0.3, -0.25) is 0 Å². The summed E-state index contributed by atoms with van der Waals surface area (Å²) in [5.41, 5.74) is 14.8. The van der Waals surface area contributed by atoms with Crippen molar-refractivity contribution in [3.05, 3.63) is 175 Å². The van der Waals surface area contributed by atoms with Crippen LogP contribution >= 0.6 is 0 Å². The van der Waals surface area contributed by atoms with E-state index in [9.17, 15) is 0 Å². The lowest BCUT2D eigenvalue weighted by atomic mass is 9.43. The molecule has 4 saturated carbocycles. The van der Waals surface area contributed by atoms with Crippen molar-refractivity contribution < 1.29 is 0 Å². The number of anilines is 3. The van der Waals surface area contributed by atoms with Crippen LogP contribution in [0.4, 0.5) is 17.1 Å². The number of nitrogens with zero attached hydrogens (tertiary/aromatic N) is 1. The van der Waals surface area contributed by atoms with Gasteiger partial charge >= 0.3 is 0 Å². The van der Waals surface area contributed by atoms with E-state index in [2.05, 4.69) is 169 Å². The molecule has 5 aliphatic carbocycles. The highest BCUT2D eigenvalue weighted by Crippen LogP contribution is 2.70. The van der Waals surface area contributed by atoms with E-state index in [1.807, 2.05) is 0 Å². The van der Waals surface area contributed by atoms with Gasteiger partial charge in [-0.25, -0.2) is 0 Å². The van der Waals surface area contributed by atoms with Crippen LogP contribution in [0.2, 0.25) is 0 Å². The normalized spacial score (nSPS) is 23.8. The maximum absolute atomic E-state index is 2.58. The molecule has 7 aromatic carbocycles. The fraction of sp³-hybridized carbons (Fsp3) is 0.200. The molecule has 0 radical (unpaired) electrons. The summed E-state index contributed by atoms with van der Waals surface area (Å²) in [5.74, 6) is 3.30. The molecule has 246 valence electrons. The first-order valence-corrected chi connectivity index (χ1v) is 19.0. The fourth-order valence-electron chi connectivity index (χ4n) is 11.5. The van der Waals surface area contributed by atoms with Crippen LogP contribution in [0.5, 0.6) is 0 Å². The quantitative estimate of drug-likeness (QED) is 0.178. The minimum absolute atomic E-state index is 0.118. The van der Waals surface area contributed by atoms with Crippen molar-refractivity contribution in [2.75, 3.05) is 4.90 Å². The molecule has 1 spiro atoms. The van der Waals surface area contributed by atoms with Gasteiger partial charge < -0.3 is 4.90 Å². The Hall–Kier alpha value is -5.40. The van der Waals surface area contributed by atoms with Gasteiger partial charge in [-0.05, 0) is 130 Å². The highest BCUT2D eigenvalue weighted by Gasteiger charge is 2.61. The Morgan fingerprint density at radius 3 is 1.84 bits per heavy atom. The summed E-state index contributed by atoms with van der Waals surface area (Å²) < 4.78 is 0. The zero-order valence-electron chi connectivity index (χ0n) is 28.9. The molecule has 51 heavy (non-hydrogen) atoms. The topological polar surface area (TPSA) is 3.24 Å². The highest BCUT2D eigenvalue weighted by molar-refractivity contribution is 5.98. The molecule has 4 bridgehead atoms. The SMILES string of the molecule is c1ccc(-c2ccccc2N(c2cccc(-c3ccc4ccccc4c3)c2)c2cccc3c2-c2ccccc2C32C3CC4CC(C3)CC2C4)cc1. The van der Waals surface area contributed by atoms with Crippen LogP contribution in [0.3, 0.4) is 0 Å². The monoisotopic (exact) mass is 655 g/mol. The van der Waals surface area contributed by atoms with Crippen LogP contribution in [-0.2, 0) is 5.41 Å². The largest absolute Gasteiger partial charge is 0.309 e. The third-order valence-electron chi connectivity index (χ3n) is 13.2. The van der Waals surface area contributed by atoms with E-state index in [4.69, 9.17) is 0 Å². The number of hydrogen-bond donors (Lipinski definition) is 0. The minimum atomic E-state index is 0.118. The molecule has 4 fully saturated rings. The van der Waals surface area contributed by atoms with Gasteiger partial charge in [0.2, 0.25) is 0 Å². The fourth-order valence-corrected chi connectivity index (χ4v) is 11.5. The molecule has 0 heterocycles. The van der Waals surface area contributed by atoms with Gasteiger partial charge in [-0.2, -0.15) is 0 Å². The summed E-state index contributed by atoms with van der Waals surface area (Å²) >= 11 is 0. The second-order valence-electron chi connectivity index (χ2n) is 15.7. The first-order valence-electron chi connectivity index (χ1n) is 19.0. The van der Waals surface area contributed by atoms with Crippen molar-refractivity contribution in [3.63, 3.8) is 0 Å². The summed E-state index contributed by atoms with van der Waals surface area (Å²) in [5, 5.41) is 2.54. The molecular formula is C50H41N. The van der Waals surface area contributed by atoms with Crippen molar-refractivity contribution in [2.24, 2.45) is 23.7 Å². The molecule has 7 aromatic rings. The molecule has 0 atom stereocenters. The standard InChI is InChI=1S/C50H41N/c1-2-13-36(14-3-1)43-18-7-9-22-47(43)51(42-17-10-16-38(32-42)39-25-24-35-12-4-5-15-37(35)31-39)48-23-11-21-46-49(48)44-19-6-8-20-45(44)50(46)40-27-33-26-34(29-40)30-41(50)28-33/h1-25,31-34,40-41H,26-30H2. The molecule has 0 amide bonds. The van der Waals surface area contributed by atoms with Crippen molar-refractivity contribution >= 4 is 27.8 Å². The van der Waals surface area contributed by atoms with Crippen molar-refractivity contribution in [2.45, 2.75) is 37.5 Å². The first kappa shape index (κ1) is 29.3. The molecule has 0 aromatic heterocycles.